The molecule has 11 heavy (non-hydrogen) atoms. The summed E-state index contributed by atoms with van der Waals surface area (Å²) >= 11 is 0. The molecule has 0 aromatic rings. The quantitative estimate of drug-likeness (QED) is 0.542. The Kier molecular flexibility index (Phi) is 2.81. The molecular formula is C9H14ClN. The molecule has 1 nitrogen and oxygen atoms in total. The van der Waals surface area contributed by atoms with E-state index in [-0.39, 0.29) is 12.4 Å². The summed E-state index contributed by atoms with van der Waals surface area (Å²) in [5, 5.41) is 3.40. The highest BCUT2D eigenvalue weighted by atomic mass is 35.5. The lowest BCUT2D eigenvalue weighted by Gasteiger charge is -2.02. The molecule has 2 atom stereocenters. The van der Waals surface area contributed by atoms with Gasteiger partial charge in [0, 0.05) is 5.92 Å². The average molecular weight is 172 g/mol. The summed E-state index contributed by atoms with van der Waals surface area (Å²) in [6.45, 7) is 2.42. The molecule has 2 aliphatic rings. The Morgan fingerprint density at radius 3 is 2.18 bits per heavy atom. The van der Waals surface area contributed by atoms with Gasteiger partial charge >= 0.3 is 0 Å². The topological polar surface area (TPSA) is 12.0 Å². The first-order chi connectivity index (χ1) is 4.90. The first-order valence-corrected chi connectivity index (χ1v) is 4.07. The Balaban J connectivity index is 0.000000605. The SMILES string of the molecule is C#CC1CC2CNCC2C1.Cl. The Bertz CT molecular complexity index is 161. The zero-order valence-electron chi connectivity index (χ0n) is 6.55. The van der Waals surface area contributed by atoms with Gasteiger partial charge in [-0.3, -0.25) is 0 Å². The molecule has 0 bridgehead atoms. The molecule has 1 N–H and O–H groups in total. The molecule has 1 saturated heterocycles. The van der Waals surface area contributed by atoms with E-state index in [0.717, 1.165) is 11.8 Å². The van der Waals surface area contributed by atoms with Crippen molar-refractivity contribution in [1.82, 2.24) is 5.32 Å². The largest absolute Gasteiger partial charge is 0.316 e. The molecule has 1 aliphatic carbocycles. The standard InChI is InChI=1S/C9H13N.ClH/c1-2-7-3-8-5-10-6-9(8)4-7;/h1,7-10H,3-6H2;1H. The first-order valence-electron chi connectivity index (χ1n) is 4.07. The van der Waals surface area contributed by atoms with E-state index in [1.807, 2.05) is 0 Å². The van der Waals surface area contributed by atoms with Gasteiger partial charge in [0.1, 0.15) is 0 Å². The second-order valence-corrected chi connectivity index (χ2v) is 3.51. The maximum Gasteiger partial charge on any atom is 0.0206 e. The van der Waals surface area contributed by atoms with Crippen LogP contribution in [0.5, 0.6) is 0 Å². The number of hydrogen-bond donors (Lipinski definition) is 1. The van der Waals surface area contributed by atoms with Crippen molar-refractivity contribution in [3.8, 4) is 12.3 Å². The lowest BCUT2D eigenvalue weighted by Crippen LogP contribution is -2.11. The van der Waals surface area contributed by atoms with Crippen LogP contribution in [0.1, 0.15) is 12.8 Å². The van der Waals surface area contributed by atoms with Crippen molar-refractivity contribution in [2.45, 2.75) is 12.8 Å². The van der Waals surface area contributed by atoms with Crippen LogP contribution in [0.25, 0.3) is 0 Å². The number of hydrogen-bond acceptors (Lipinski definition) is 1. The predicted octanol–water partition coefficient (Wildman–Crippen LogP) is 1.29. The van der Waals surface area contributed by atoms with Crippen LogP contribution in [0.4, 0.5) is 0 Å². The Labute approximate surface area is 74.3 Å². The fraction of sp³-hybridized carbons (Fsp3) is 0.778. The van der Waals surface area contributed by atoms with Gasteiger partial charge in [-0.2, -0.15) is 0 Å². The number of terminal acetylenes is 1. The summed E-state index contributed by atoms with van der Waals surface area (Å²) in [4.78, 5) is 0. The smallest absolute Gasteiger partial charge is 0.0206 e. The number of rotatable bonds is 0. The van der Waals surface area contributed by atoms with Crippen molar-refractivity contribution in [2.75, 3.05) is 13.1 Å². The minimum absolute atomic E-state index is 0. The van der Waals surface area contributed by atoms with E-state index in [1.54, 1.807) is 0 Å². The van der Waals surface area contributed by atoms with Gasteiger partial charge in [0.05, 0.1) is 0 Å². The van der Waals surface area contributed by atoms with Crippen LogP contribution >= 0.6 is 12.4 Å². The van der Waals surface area contributed by atoms with Crippen LogP contribution in [-0.2, 0) is 0 Å². The summed E-state index contributed by atoms with van der Waals surface area (Å²) in [5.41, 5.74) is 0. The molecular weight excluding hydrogens is 158 g/mol. The lowest BCUT2D eigenvalue weighted by atomic mass is 10.0. The minimum Gasteiger partial charge on any atom is -0.316 e. The molecule has 2 rings (SSSR count). The van der Waals surface area contributed by atoms with Crippen molar-refractivity contribution in [3.63, 3.8) is 0 Å². The monoisotopic (exact) mass is 171 g/mol. The third kappa shape index (κ3) is 1.52. The molecule has 1 heterocycles. The molecule has 2 fully saturated rings. The second kappa shape index (κ2) is 3.47. The highest BCUT2D eigenvalue weighted by Gasteiger charge is 2.36. The summed E-state index contributed by atoms with van der Waals surface area (Å²) in [7, 11) is 0. The summed E-state index contributed by atoms with van der Waals surface area (Å²) in [5.74, 6) is 5.27. The van der Waals surface area contributed by atoms with E-state index in [9.17, 15) is 0 Å². The molecule has 0 spiro atoms. The highest BCUT2D eigenvalue weighted by molar-refractivity contribution is 5.85. The van der Waals surface area contributed by atoms with E-state index in [1.165, 1.54) is 25.9 Å². The van der Waals surface area contributed by atoms with E-state index in [0.29, 0.717) is 5.92 Å². The van der Waals surface area contributed by atoms with Crippen LogP contribution in [-0.4, -0.2) is 13.1 Å². The molecule has 0 aromatic carbocycles. The van der Waals surface area contributed by atoms with Gasteiger partial charge in [-0.1, -0.05) is 0 Å². The Hall–Kier alpha value is -0.190. The second-order valence-electron chi connectivity index (χ2n) is 3.51. The van der Waals surface area contributed by atoms with E-state index in [2.05, 4.69) is 11.2 Å². The Morgan fingerprint density at radius 1 is 1.18 bits per heavy atom. The molecule has 62 valence electrons. The number of halogens is 1. The molecule has 0 radical (unpaired) electrons. The summed E-state index contributed by atoms with van der Waals surface area (Å²) in [6.07, 6.45) is 7.91. The van der Waals surface area contributed by atoms with Gasteiger partial charge in [-0.15, -0.1) is 24.8 Å². The average Bonchev–Trinajstić information content (AvgIpc) is 2.42. The van der Waals surface area contributed by atoms with Gasteiger partial charge < -0.3 is 5.32 Å². The maximum absolute atomic E-state index is 5.37. The lowest BCUT2D eigenvalue weighted by molar-refractivity contribution is 0.494. The van der Waals surface area contributed by atoms with Crippen LogP contribution in [0.2, 0.25) is 0 Å². The number of fused-ring (bicyclic) bond motifs is 1. The highest BCUT2D eigenvalue weighted by Crippen LogP contribution is 2.37. The fourth-order valence-electron chi connectivity index (χ4n) is 2.30. The van der Waals surface area contributed by atoms with Gasteiger partial charge in [0.25, 0.3) is 0 Å². The summed E-state index contributed by atoms with van der Waals surface area (Å²) < 4.78 is 0. The third-order valence-electron chi connectivity index (χ3n) is 2.89. The molecule has 2 heteroatoms. The molecule has 1 aliphatic heterocycles. The van der Waals surface area contributed by atoms with Crippen molar-refractivity contribution in [2.24, 2.45) is 17.8 Å². The fourth-order valence-corrected chi connectivity index (χ4v) is 2.30. The van der Waals surface area contributed by atoms with Crippen molar-refractivity contribution < 1.29 is 0 Å². The van der Waals surface area contributed by atoms with Gasteiger partial charge in [0.2, 0.25) is 0 Å². The Morgan fingerprint density at radius 2 is 1.73 bits per heavy atom. The van der Waals surface area contributed by atoms with Crippen molar-refractivity contribution in [1.29, 1.82) is 0 Å². The first kappa shape index (κ1) is 8.90. The summed E-state index contributed by atoms with van der Waals surface area (Å²) in [6, 6.07) is 0. The molecule has 0 amide bonds. The van der Waals surface area contributed by atoms with E-state index < -0.39 is 0 Å². The van der Waals surface area contributed by atoms with Crippen LogP contribution in [0.3, 0.4) is 0 Å². The van der Waals surface area contributed by atoms with Crippen LogP contribution in [0.15, 0.2) is 0 Å². The van der Waals surface area contributed by atoms with E-state index in [4.69, 9.17) is 6.42 Å². The zero-order chi connectivity index (χ0) is 6.97. The van der Waals surface area contributed by atoms with Gasteiger partial charge in [-0.05, 0) is 37.8 Å². The van der Waals surface area contributed by atoms with Crippen molar-refractivity contribution >= 4 is 12.4 Å². The minimum atomic E-state index is 0. The maximum atomic E-state index is 5.37. The van der Waals surface area contributed by atoms with Gasteiger partial charge in [-0.25, -0.2) is 0 Å². The molecule has 2 unspecified atom stereocenters. The van der Waals surface area contributed by atoms with Crippen molar-refractivity contribution in [3.05, 3.63) is 0 Å². The molecule has 0 aromatic heterocycles. The predicted molar refractivity (Wildman–Crippen MR) is 48.7 cm³/mol. The third-order valence-corrected chi connectivity index (χ3v) is 2.89. The van der Waals surface area contributed by atoms with Gasteiger partial charge in [0.15, 0.2) is 0 Å². The molecule has 1 saturated carbocycles. The normalized spacial score (nSPS) is 40.8. The van der Waals surface area contributed by atoms with Crippen LogP contribution < -0.4 is 5.32 Å². The zero-order valence-corrected chi connectivity index (χ0v) is 7.36. The van der Waals surface area contributed by atoms with E-state index >= 15 is 0 Å². The van der Waals surface area contributed by atoms with Crippen LogP contribution in [0, 0.1) is 30.1 Å². The number of nitrogens with one attached hydrogen (secondary N) is 1.